The van der Waals surface area contributed by atoms with Crippen LogP contribution in [0.25, 0.3) is 0 Å². The molecule has 0 spiro atoms. The number of anilines is 1. The molecule has 128 valence electrons. The Hall–Kier alpha value is -2.61. The summed E-state index contributed by atoms with van der Waals surface area (Å²) in [5, 5.41) is 2.87. The maximum absolute atomic E-state index is 11.8. The van der Waals surface area contributed by atoms with E-state index in [0.29, 0.717) is 0 Å². The quantitative estimate of drug-likeness (QED) is 0.867. The van der Waals surface area contributed by atoms with Gasteiger partial charge in [-0.15, -0.1) is 0 Å². The van der Waals surface area contributed by atoms with Crippen molar-refractivity contribution in [2.24, 2.45) is 5.73 Å². The van der Waals surface area contributed by atoms with Gasteiger partial charge < -0.3 is 15.4 Å². The van der Waals surface area contributed by atoms with Gasteiger partial charge in [0.25, 0.3) is 5.91 Å². The van der Waals surface area contributed by atoms with Crippen LogP contribution in [0.3, 0.4) is 0 Å². The lowest BCUT2D eigenvalue weighted by Gasteiger charge is -2.11. The lowest BCUT2D eigenvalue weighted by Crippen LogP contribution is -2.28. The fourth-order valence-electron chi connectivity index (χ4n) is 1.99. The Kier molecular flexibility index (Phi) is 5.40. The van der Waals surface area contributed by atoms with Crippen LogP contribution in [0, 0.1) is 13.8 Å². The second kappa shape index (κ2) is 7.31. The average molecular weight is 348 g/mol. The largest absolute Gasteiger partial charge is 0.472 e. The van der Waals surface area contributed by atoms with Crippen LogP contribution < -0.4 is 15.8 Å². The van der Waals surface area contributed by atoms with Crippen LogP contribution in [-0.4, -0.2) is 35.3 Å². The van der Waals surface area contributed by atoms with Crippen LogP contribution in [0.5, 0.6) is 5.88 Å². The molecule has 0 aliphatic heterocycles. The molecule has 2 rings (SSSR count). The van der Waals surface area contributed by atoms with Crippen LogP contribution in [-0.2, 0) is 6.61 Å². The highest BCUT2D eigenvalue weighted by Crippen LogP contribution is 2.31. The number of nitrogens with one attached hydrogen (secondary N) is 1. The van der Waals surface area contributed by atoms with E-state index in [1.807, 2.05) is 32.0 Å². The first-order valence-electron chi connectivity index (χ1n) is 7.26. The van der Waals surface area contributed by atoms with Gasteiger partial charge in [0.05, 0.1) is 0 Å². The summed E-state index contributed by atoms with van der Waals surface area (Å²) < 4.78 is 9.78. The third kappa shape index (κ3) is 4.02. The molecule has 8 heteroatoms. The molecule has 0 aliphatic carbocycles. The molecule has 24 heavy (non-hydrogen) atoms. The number of amides is 3. The number of aromatic nitrogens is 1. The molecule has 1 heterocycles. The van der Waals surface area contributed by atoms with Crippen molar-refractivity contribution in [3.8, 4) is 5.88 Å². The second-order valence-corrected chi connectivity index (χ2v) is 6.37. The number of hydrogen-bond acceptors (Lipinski definition) is 5. The Labute approximate surface area is 144 Å². The predicted molar refractivity (Wildman–Crippen MR) is 93.6 cm³/mol. The fraction of sp³-hybridized carbons (Fsp3) is 0.312. The number of carbonyl (C=O) groups excluding carboxylic acids is 2. The van der Waals surface area contributed by atoms with Crippen molar-refractivity contribution in [1.29, 1.82) is 0 Å². The Morgan fingerprint density at radius 2 is 2.04 bits per heavy atom. The third-order valence-corrected chi connectivity index (χ3v) is 4.15. The van der Waals surface area contributed by atoms with E-state index in [4.69, 9.17) is 10.5 Å². The molecule has 0 bridgehead atoms. The maximum atomic E-state index is 11.8. The molecule has 0 saturated heterocycles. The van der Waals surface area contributed by atoms with Gasteiger partial charge in [0.15, 0.2) is 0 Å². The smallest absolute Gasteiger partial charge is 0.321 e. The molecule has 0 saturated carbocycles. The standard InChI is InChI=1S/C16H20N4O3S/c1-9-5-6-10(2)11(7-9)8-23-14-12(13(17)21)15(24-19-14)18-16(22)20(3)4/h5-7H,8H2,1-4H3,(H2,17,21)(H,18,22). The van der Waals surface area contributed by atoms with Crippen molar-refractivity contribution in [2.75, 3.05) is 19.4 Å². The van der Waals surface area contributed by atoms with Gasteiger partial charge in [-0.1, -0.05) is 23.8 Å². The van der Waals surface area contributed by atoms with Crippen LogP contribution in [0.15, 0.2) is 18.2 Å². The Bertz CT molecular complexity index is 771. The van der Waals surface area contributed by atoms with Crippen molar-refractivity contribution in [1.82, 2.24) is 9.27 Å². The van der Waals surface area contributed by atoms with E-state index in [2.05, 4.69) is 9.69 Å². The minimum atomic E-state index is -0.700. The number of rotatable bonds is 5. The third-order valence-electron chi connectivity index (χ3n) is 3.40. The molecule has 2 aromatic rings. The molecule has 3 N–H and O–H groups in total. The van der Waals surface area contributed by atoms with Crippen molar-refractivity contribution >= 4 is 28.5 Å². The minimum Gasteiger partial charge on any atom is -0.472 e. The first-order valence-corrected chi connectivity index (χ1v) is 8.03. The van der Waals surface area contributed by atoms with Gasteiger partial charge in [-0.2, -0.15) is 4.37 Å². The van der Waals surface area contributed by atoms with Crippen LogP contribution in [0.4, 0.5) is 9.80 Å². The van der Waals surface area contributed by atoms with Gasteiger partial charge in [0.2, 0.25) is 5.88 Å². The second-order valence-electron chi connectivity index (χ2n) is 5.60. The molecular weight excluding hydrogens is 328 g/mol. The zero-order valence-corrected chi connectivity index (χ0v) is 14.9. The van der Waals surface area contributed by atoms with Crippen molar-refractivity contribution in [2.45, 2.75) is 20.5 Å². The average Bonchev–Trinajstić information content (AvgIpc) is 2.90. The summed E-state index contributed by atoms with van der Waals surface area (Å²) in [4.78, 5) is 24.8. The molecule has 3 amide bonds. The van der Waals surface area contributed by atoms with Gasteiger partial charge in [-0.05, 0) is 36.5 Å². The van der Waals surface area contributed by atoms with E-state index in [0.717, 1.165) is 28.2 Å². The van der Waals surface area contributed by atoms with E-state index >= 15 is 0 Å². The van der Waals surface area contributed by atoms with E-state index in [1.54, 1.807) is 14.1 Å². The van der Waals surface area contributed by atoms with Crippen molar-refractivity contribution < 1.29 is 14.3 Å². The highest BCUT2D eigenvalue weighted by molar-refractivity contribution is 7.11. The first kappa shape index (κ1) is 17.7. The summed E-state index contributed by atoms with van der Waals surface area (Å²) in [6.07, 6.45) is 0. The number of urea groups is 1. The molecule has 0 radical (unpaired) electrons. The number of nitrogens with two attached hydrogens (primary N) is 1. The summed E-state index contributed by atoms with van der Waals surface area (Å²) >= 11 is 0.958. The van der Waals surface area contributed by atoms with Crippen molar-refractivity contribution in [3.63, 3.8) is 0 Å². The SMILES string of the molecule is Cc1ccc(C)c(COc2nsc(NC(=O)N(C)C)c2C(N)=O)c1. The molecular formula is C16H20N4O3S. The summed E-state index contributed by atoms with van der Waals surface area (Å²) in [5.74, 6) is -0.573. The molecule has 1 aromatic carbocycles. The number of carbonyl (C=O) groups is 2. The normalized spacial score (nSPS) is 10.3. The lowest BCUT2D eigenvalue weighted by atomic mass is 10.1. The van der Waals surface area contributed by atoms with E-state index in [-0.39, 0.29) is 29.1 Å². The number of nitrogens with zero attached hydrogens (tertiary/aromatic N) is 2. The highest BCUT2D eigenvalue weighted by atomic mass is 32.1. The van der Waals surface area contributed by atoms with Crippen LogP contribution in [0.1, 0.15) is 27.0 Å². The number of benzene rings is 1. The predicted octanol–water partition coefficient (Wildman–Crippen LogP) is 2.53. The number of primary amides is 1. The number of ether oxygens (including phenoxy) is 1. The lowest BCUT2D eigenvalue weighted by molar-refractivity contribution is 0.0996. The highest BCUT2D eigenvalue weighted by Gasteiger charge is 2.22. The fourth-order valence-corrected chi connectivity index (χ4v) is 2.72. The molecule has 0 unspecified atom stereocenters. The van der Waals surface area contributed by atoms with Gasteiger partial charge in [0, 0.05) is 14.1 Å². The van der Waals surface area contributed by atoms with Gasteiger partial charge >= 0.3 is 6.03 Å². The molecule has 0 atom stereocenters. The maximum Gasteiger partial charge on any atom is 0.321 e. The summed E-state index contributed by atoms with van der Waals surface area (Å²) in [6.45, 7) is 4.24. The molecule has 7 nitrogen and oxygen atoms in total. The summed E-state index contributed by atoms with van der Waals surface area (Å²) in [6, 6.07) is 5.67. The topological polar surface area (TPSA) is 97.6 Å². The zero-order chi connectivity index (χ0) is 17.9. The monoisotopic (exact) mass is 348 g/mol. The Balaban J connectivity index is 2.21. The van der Waals surface area contributed by atoms with E-state index in [1.165, 1.54) is 4.90 Å². The first-order chi connectivity index (χ1) is 11.3. The summed E-state index contributed by atoms with van der Waals surface area (Å²) in [5.41, 5.74) is 8.70. The Morgan fingerprint density at radius 3 is 2.67 bits per heavy atom. The molecule has 0 aliphatic rings. The molecule has 0 fully saturated rings. The zero-order valence-electron chi connectivity index (χ0n) is 14.0. The van der Waals surface area contributed by atoms with Crippen LogP contribution >= 0.6 is 11.5 Å². The molecule has 1 aromatic heterocycles. The van der Waals surface area contributed by atoms with Crippen molar-refractivity contribution in [3.05, 3.63) is 40.5 Å². The van der Waals surface area contributed by atoms with Gasteiger partial charge in [0.1, 0.15) is 17.2 Å². The minimum absolute atomic E-state index is 0.0838. The van der Waals surface area contributed by atoms with Gasteiger partial charge in [-0.25, -0.2) is 4.79 Å². The van der Waals surface area contributed by atoms with E-state index in [9.17, 15) is 9.59 Å². The van der Waals surface area contributed by atoms with Crippen LogP contribution in [0.2, 0.25) is 0 Å². The van der Waals surface area contributed by atoms with Gasteiger partial charge in [-0.3, -0.25) is 10.1 Å². The summed E-state index contributed by atoms with van der Waals surface area (Å²) in [7, 11) is 3.19. The Morgan fingerprint density at radius 1 is 1.33 bits per heavy atom. The number of hydrogen-bond donors (Lipinski definition) is 2. The number of aryl methyl sites for hydroxylation is 2. The van der Waals surface area contributed by atoms with E-state index < -0.39 is 5.91 Å².